The molecule has 3 atom stereocenters. The van der Waals surface area contributed by atoms with E-state index in [1.54, 1.807) is 12.2 Å². The number of nitrogens with zero attached hydrogens (tertiary/aromatic N) is 6. The second-order valence-electron chi connectivity index (χ2n) is 12.4. The third-order valence-corrected chi connectivity index (χ3v) is 9.32. The SMILES string of the molecule is C=C/C=C(Cl)\C=C/C(=C)C(C(/C=C\C(C)Cl)=C/C)N1CCN(Cc2nc(N(C)CCC3C=Nc4ccccc43)c3ccccc3n2)CC1.CC. The summed E-state index contributed by atoms with van der Waals surface area (Å²) in [6, 6.07) is 16.7. The first-order chi connectivity index (χ1) is 24.3. The predicted octanol–water partition coefficient (Wildman–Crippen LogP) is 10.0. The van der Waals surface area contributed by atoms with Crippen LogP contribution in [-0.2, 0) is 6.54 Å². The zero-order valence-electron chi connectivity index (χ0n) is 30.3. The molecule has 0 bridgehead atoms. The van der Waals surface area contributed by atoms with Crippen molar-refractivity contribution in [3.05, 3.63) is 132 Å². The van der Waals surface area contributed by atoms with Crippen molar-refractivity contribution in [1.29, 1.82) is 0 Å². The van der Waals surface area contributed by atoms with Crippen molar-refractivity contribution in [2.24, 2.45) is 4.99 Å². The van der Waals surface area contributed by atoms with Gasteiger partial charge in [0, 0.05) is 67.7 Å². The van der Waals surface area contributed by atoms with Crippen molar-refractivity contribution in [2.75, 3.05) is 44.7 Å². The van der Waals surface area contributed by atoms with Gasteiger partial charge in [0.05, 0.1) is 23.8 Å². The number of alkyl halides is 1. The molecule has 8 heteroatoms. The number of allylic oxidation sites excluding steroid dienone is 6. The standard InChI is InChI=1S/C40H46Cl2N6.C2H6/c1-6-12-33(42)20-17-29(3)39(31(7-2)19-18-30(4)41)48-25-23-47(24-26-48)28-38-44-37-16-11-9-14-35(37)40(45-38)46(5)22-21-32-27-43-36-15-10-8-13-34(32)36;1-2/h6-20,27,30,32,39H,1,3,21-26,28H2,2,4-5H3;1-2H3/b19-18-,20-17-,31-7+,33-12+;. The first kappa shape index (κ1) is 39.0. The summed E-state index contributed by atoms with van der Waals surface area (Å²) in [4.78, 5) is 22.0. The van der Waals surface area contributed by atoms with Crippen molar-refractivity contribution in [2.45, 2.75) is 58.0 Å². The Hall–Kier alpha value is -3.81. The average Bonchev–Trinajstić information content (AvgIpc) is 3.55. The Balaban J connectivity index is 0.00000276. The molecule has 3 aromatic rings. The van der Waals surface area contributed by atoms with Gasteiger partial charge in [-0.25, -0.2) is 9.97 Å². The summed E-state index contributed by atoms with van der Waals surface area (Å²) in [5.74, 6) is 2.14. The van der Waals surface area contributed by atoms with Gasteiger partial charge in [0.1, 0.15) is 11.6 Å². The molecule has 6 nitrogen and oxygen atoms in total. The smallest absolute Gasteiger partial charge is 0.145 e. The topological polar surface area (TPSA) is 47.9 Å². The van der Waals surface area contributed by atoms with Gasteiger partial charge in [-0.05, 0) is 67.3 Å². The second kappa shape index (κ2) is 19.5. The van der Waals surface area contributed by atoms with Crippen LogP contribution in [0.15, 0.2) is 125 Å². The number of aliphatic imine (C=N–C) groups is 1. The number of fused-ring (bicyclic) bond motifs is 2. The fourth-order valence-corrected chi connectivity index (χ4v) is 6.61. The van der Waals surface area contributed by atoms with Gasteiger partial charge in [-0.15, -0.1) is 11.6 Å². The van der Waals surface area contributed by atoms with E-state index >= 15 is 0 Å². The van der Waals surface area contributed by atoms with E-state index in [4.69, 9.17) is 33.2 Å². The average molecular weight is 712 g/mol. The molecule has 2 aliphatic rings. The number of anilines is 1. The largest absolute Gasteiger partial charge is 0.359 e. The lowest BCUT2D eigenvalue weighted by atomic mass is 9.95. The van der Waals surface area contributed by atoms with Gasteiger partial charge in [0.25, 0.3) is 0 Å². The molecule has 0 aliphatic carbocycles. The zero-order valence-corrected chi connectivity index (χ0v) is 31.8. The summed E-state index contributed by atoms with van der Waals surface area (Å²) in [7, 11) is 2.13. The van der Waals surface area contributed by atoms with Crippen LogP contribution in [-0.4, -0.2) is 77.2 Å². The maximum Gasteiger partial charge on any atom is 0.145 e. The summed E-state index contributed by atoms with van der Waals surface area (Å²) < 4.78 is 0. The van der Waals surface area contributed by atoms with Gasteiger partial charge in [-0.1, -0.05) is 99.3 Å². The maximum atomic E-state index is 6.34. The normalized spacial score (nSPS) is 18.3. The summed E-state index contributed by atoms with van der Waals surface area (Å²) >= 11 is 12.6. The maximum absolute atomic E-state index is 6.34. The van der Waals surface area contributed by atoms with Crippen LogP contribution in [0.5, 0.6) is 0 Å². The van der Waals surface area contributed by atoms with Crippen molar-refractivity contribution >= 4 is 51.8 Å². The van der Waals surface area contributed by atoms with Gasteiger partial charge in [0.2, 0.25) is 0 Å². The van der Waals surface area contributed by atoms with Crippen LogP contribution >= 0.6 is 23.2 Å². The van der Waals surface area contributed by atoms with Crippen molar-refractivity contribution in [3.8, 4) is 0 Å². The molecular weight excluding hydrogens is 659 g/mol. The lowest BCUT2D eigenvalue weighted by Gasteiger charge is -2.40. The van der Waals surface area contributed by atoms with Gasteiger partial charge < -0.3 is 4.90 Å². The molecule has 3 unspecified atom stereocenters. The Kier molecular flexibility index (Phi) is 15.2. The zero-order chi connectivity index (χ0) is 36.0. The first-order valence-corrected chi connectivity index (χ1v) is 18.5. The lowest BCUT2D eigenvalue weighted by Crippen LogP contribution is -2.50. The predicted molar refractivity (Wildman–Crippen MR) is 217 cm³/mol. The Bertz CT molecular complexity index is 1750. The molecular formula is C42H52Cl2N6. The number of benzene rings is 2. The van der Waals surface area contributed by atoms with Crippen LogP contribution in [0.25, 0.3) is 10.9 Å². The van der Waals surface area contributed by atoms with Crippen molar-refractivity contribution in [3.63, 3.8) is 0 Å². The molecule has 1 fully saturated rings. The molecule has 0 spiro atoms. The Labute approximate surface area is 309 Å². The molecule has 2 aromatic carbocycles. The molecule has 5 rings (SSSR count). The summed E-state index contributed by atoms with van der Waals surface area (Å²) in [6.45, 7) is 21.3. The van der Waals surface area contributed by atoms with Crippen LogP contribution in [0.1, 0.15) is 51.4 Å². The van der Waals surface area contributed by atoms with E-state index in [1.165, 1.54) is 5.56 Å². The van der Waals surface area contributed by atoms with E-state index in [0.29, 0.717) is 17.5 Å². The molecule has 264 valence electrons. The van der Waals surface area contributed by atoms with Gasteiger partial charge in [0.15, 0.2) is 0 Å². The fourth-order valence-electron chi connectivity index (χ4n) is 6.38. The molecule has 3 heterocycles. The van der Waals surface area contributed by atoms with Crippen LogP contribution in [0.3, 0.4) is 0 Å². The van der Waals surface area contributed by atoms with Gasteiger partial charge in [-0.3, -0.25) is 14.8 Å². The van der Waals surface area contributed by atoms with Crippen LogP contribution in [0.2, 0.25) is 0 Å². The number of hydrogen-bond acceptors (Lipinski definition) is 6. The highest BCUT2D eigenvalue weighted by atomic mass is 35.5. The highest BCUT2D eigenvalue weighted by molar-refractivity contribution is 6.31. The van der Waals surface area contributed by atoms with Crippen LogP contribution in [0, 0.1) is 0 Å². The molecule has 0 N–H and O–H groups in total. The van der Waals surface area contributed by atoms with Crippen molar-refractivity contribution in [1.82, 2.24) is 19.8 Å². The van der Waals surface area contributed by atoms with Crippen LogP contribution < -0.4 is 4.90 Å². The number of para-hydroxylation sites is 2. The van der Waals surface area contributed by atoms with E-state index in [0.717, 1.165) is 78.5 Å². The highest BCUT2D eigenvalue weighted by Crippen LogP contribution is 2.34. The molecule has 0 amide bonds. The quantitative estimate of drug-likeness (QED) is 0.123. The second-order valence-corrected chi connectivity index (χ2v) is 13.5. The third kappa shape index (κ3) is 10.4. The third-order valence-electron chi connectivity index (χ3n) is 8.92. The van der Waals surface area contributed by atoms with E-state index in [9.17, 15) is 0 Å². The molecule has 1 aromatic heterocycles. The molecule has 1 saturated heterocycles. The van der Waals surface area contributed by atoms with E-state index < -0.39 is 0 Å². The summed E-state index contributed by atoms with van der Waals surface area (Å²) in [6.07, 6.45) is 16.7. The molecule has 0 radical (unpaired) electrons. The monoisotopic (exact) mass is 710 g/mol. The number of hydrogen-bond donors (Lipinski definition) is 0. The van der Waals surface area contributed by atoms with Crippen molar-refractivity contribution < 1.29 is 0 Å². The fraction of sp³-hybridized carbons (Fsp3) is 0.357. The van der Waals surface area contributed by atoms with Gasteiger partial charge in [-0.2, -0.15) is 0 Å². The minimum atomic E-state index is -0.0645. The number of piperazine rings is 1. The minimum Gasteiger partial charge on any atom is -0.359 e. The Morgan fingerprint density at radius 3 is 2.46 bits per heavy atom. The number of rotatable bonds is 14. The Morgan fingerprint density at radius 2 is 1.74 bits per heavy atom. The first-order valence-electron chi connectivity index (χ1n) is 17.7. The van der Waals surface area contributed by atoms with E-state index in [-0.39, 0.29) is 11.4 Å². The number of halogens is 2. The van der Waals surface area contributed by atoms with Crippen LogP contribution in [0.4, 0.5) is 11.5 Å². The van der Waals surface area contributed by atoms with Gasteiger partial charge >= 0.3 is 0 Å². The summed E-state index contributed by atoms with van der Waals surface area (Å²) in [5, 5.41) is 1.62. The Morgan fingerprint density at radius 1 is 1.02 bits per heavy atom. The highest BCUT2D eigenvalue weighted by Gasteiger charge is 2.28. The lowest BCUT2D eigenvalue weighted by molar-refractivity contribution is 0.114. The minimum absolute atomic E-state index is 0.00214. The molecule has 0 saturated carbocycles. The van der Waals surface area contributed by atoms with E-state index in [1.807, 2.05) is 51.1 Å². The molecule has 2 aliphatic heterocycles. The summed E-state index contributed by atoms with van der Waals surface area (Å²) in [5.41, 5.74) is 5.49. The molecule has 50 heavy (non-hydrogen) atoms. The van der Waals surface area contributed by atoms with E-state index in [2.05, 4.69) is 102 Å². The number of aromatic nitrogens is 2.